The Morgan fingerprint density at radius 3 is 2.52 bits per heavy atom. The number of carbonyl (C=O) groups is 2. The molecule has 8 nitrogen and oxygen atoms in total. The van der Waals surface area contributed by atoms with Gasteiger partial charge >= 0.3 is 5.97 Å². The standard InChI is InChI=1S/C23H23N5O3/c1-23(2)18-11-7-8-12-19(18)27(3)20(23)13-17(29)15-31-21(30)14-28-25-22(24-26-28)16-9-5-4-6-10-16/h4-13H,14-15H2,1-3H3/b20-13+. The van der Waals surface area contributed by atoms with Crippen LogP contribution in [0.1, 0.15) is 19.4 Å². The molecule has 0 amide bonds. The Bertz CT molecular complexity index is 1150. The lowest BCUT2D eigenvalue weighted by Gasteiger charge is -2.23. The van der Waals surface area contributed by atoms with E-state index >= 15 is 0 Å². The molecule has 0 spiro atoms. The average Bonchev–Trinajstić information content (AvgIpc) is 3.30. The van der Waals surface area contributed by atoms with Crippen molar-refractivity contribution in [2.24, 2.45) is 0 Å². The molecule has 1 aromatic heterocycles. The van der Waals surface area contributed by atoms with Gasteiger partial charge in [-0.3, -0.25) is 4.79 Å². The highest BCUT2D eigenvalue weighted by Gasteiger charge is 2.38. The van der Waals surface area contributed by atoms with E-state index in [0.717, 1.165) is 27.3 Å². The van der Waals surface area contributed by atoms with Crippen LogP contribution in [0.5, 0.6) is 0 Å². The van der Waals surface area contributed by atoms with Crippen LogP contribution in [0.4, 0.5) is 5.69 Å². The molecule has 31 heavy (non-hydrogen) atoms. The number of ether oxygens (including phenoxy) is 1. The Labute approximate surface area is 180 Å². The number of hydrogen-bond acceptors (Lipinski definition) is 7. The predicted octanol–water partition coefficient (Wildman–Crippen LogP) is 2.76. The van der Waals surface area contributed by atoms with Crippen LogP contribution in [-0.2, 0) is 26.3 Å². The Hall–Kier alpha value is -3.81. The van der Waals surface area contributed by atoms with E-state index in [9.17, 15) is 9.59 Å². The number of aromatic nitrogens is 4. The van der Waals surface area contributed by atoms with Crippen molar-refractivity contribution in [1.29, 1.82) is 0 Å². The van der Waals surface area contributed by atoms with E-state index in [1.54, 1.807) is 6.08 Å². The second-order valence-corrected chi connectivity index (χ2v) is 7.87. The van der Waals surface area contributed by atoms with Gasteiger partial charge in [-0.05, 0) is 16.8 Å². The summed E-state index contributed by atoms with van der Waals surface area (Å²) in [7, 11) is 1.93. The van der Waals surface area contributed by atoms with Crippen LogP contribution in [0, 0.1) is 0 Å². The van der Waals surface area contributed by atoms with Gasteiger partial charge < -0.3 is 9.64 Å². The predicted molar refractivity (Wildman–Crippen MR) is 115 cm³/mol. The lowest BCUT2D eigenvalue weighted by molar-refractivity contribution is -0.148. The Kier molecular flexibility index (Phi) is 5.37. The molecular weight excluding hydrogens is 394 g/mol. The van der Waals surface area contributed by atoms with Crippen molar-refractivity contribution >= 4 is 17.4 Å². The quantitative estimate of drug-likeness (QED) is 0.450. The number of fused-ring (bicyclic) bond motifs is 1. The molecule has 0 saturated carbocycles. The van der Waals surface area contributed by atoms with E-state index in [1.807, 2.05) is 60.5 Å². The smallest absolute Gasteiger partial charge is 0.330 e. The molecule has 2 heterocycles. The van der Waals surface area contributed by atoms with Gasteiger partial charge in [0.1, 0.15) is 0 Å². The van der Waals surface area contributed by atoms with E-state index in [1.165, 1.54) is 0 Å². The van der Waals surface area contributed by atoms with E-state index in [4.69, 9.17) is 4.74 Å². The summed E-state index contributed by atoms with van der Waals surface area (Å²) in [5.74, 6) is -0.473. The van der Waals surface area contributed by atoms with Gasteiger partial charge in [0, 0.05) is 35.5 Å². The second-order valence-electron chi connectivity index (χ2n) is 7.87. The van der Waals surface area contributed by atoms with E-state index in [0.29, 0.717) is 5.82 Å². The van der Waals surface area contributed by atoms with Crippen molar-refractivity contribution in [2.75, 3.05) is 18.6 Å². The summed E-state index contributed by atoms with van der Waals surface area (Å²) in [6.07, 6.45) is 1.55. The monoisotopic (exact) mass is 417 g/mol. The van der Waals surface area contributed by atoms with Gasteiger partial charge in [-0.1, -0.05) is 62.4 Å². The fraction of sp³-hybridized carbons (Fsp3) is 0.261. The van der Waals surface area contributed by atoms with Gasteiger partial charge in [0.05, 0.1) is 0 Å². The number of anilines is 1. The highest BCUT2D eigenvalue weighted by molar-refractivity contribution is 5.94. The first-order chi connectivity index (χ1) is 14.9. The number of allylic oxidation sites excluding steroid dienone is 1. The number of likely N-dealkylation sites (N-methyl/N-ethyl adjacent to an activating group) is 1. The molecule has 0 saturated heterocycles. The number of esters is 1. The number of nitrogens with zero attached hydrogens (tertiary/aromatic N) is 5. The summed E-state index contributed by atoms with van der Waals surface area (Å²) >= 11 is 0. The molecule has 0 atom stereocenters. The highest BCUT2D eigenvalue weighted by Crippen LogP contribution is 2.46. The van der Waals surface area contributed by atoms with E-state index in [2.05, 4.69) is 35.3 Å². The summed E-state index contributed by atoms with van der Waals surface area (Å²) in [4.78, 5) is 27.8. The maximum absolute atomic E-state index is 12.5. The van der Waals surface area contributed by atoms with Crippen LogP contribution in [0.3, 0.4) is 0 Å². The average molecular weight is 417 g/mol. The van der Waals surface area contributed by atoms with Gasteiger partial charge in [-0.15, -0.1) is 10.2 Å². The van der Waals surface area contributed by atoms with Gasteiger partial charge in [-0.2, -0.15) is 4.80 Å². The van der Waals surface area contributed by atoms with Crippen LogP contribution in [0.15, 0.2) is 66.4 Å². The van der Waals surface area contributed by atoms with E-state index < -0.39 is 5.97 Å². The minimum atomic E-state index is -0.605. The Morgan fingerprint density at radius 2 is 1.77 bits per heavy atom. The normalized spacial score (nSPS) is 15.7. The van der Waals surface area contributed by atoms with Crippen molar-refractivity contribution < 1.29 is 14.3 Å². The zero-order valence-corrected chi connectivity index (χ0v) is 17.6. The fourth-order valence-electron chi connectivity index (χ4n) is 3.78. The number of hydrogen-bond donors (Lipinski definition) is 0. The van der Waals surface area contributed by atoms with Gasteiger partial charge in [0.2, 0.25) is 5.82 Å². The number of benzene rings is 2. The first-order valence-corrected chi connectivity index (χ1v) is 9.93. The molecule has 1 aliphatic heterocycles. The topological polar surface area (TPSA) is 90.2 Å². The van der Waals surface area contributed by atoms with Crippen molar-refractivity contribution in [1.82, 2.24) is 20.2 Å². The molecule has 0 radical (unpaired) electrons. The van der Waals surface area contributed by atoms with Crippen molar-refractivity contribution in [3.05, 3.63) is 71.9 Å². The summed E-state index contributed by atoms with van der Waals surface area (Å²) in [5.41, 5.74) is 3.56. The number of tetrazole rings is 1. The van der Waals surface area contributed by atoms with Gasteiger partial charge in [-0.25, -0.2) is 4.79 Å². The van der Waals surface area contributed by atoms with E-state index in [-0.39, 0.29) is 24.3 Å². The molecule has 0 aliphatic carbocycles. The van der Waals surface area contributed by atoms with Crippen LogP contribution < -0.4 is 4.90 Å². The molecule has 0 unspecified atom stereocenters. The minimum absolute atomic E-state index is 0.222. The maximum Gasteiger partial charge on any atom is 0.330 e. The van der Waals surface area contributed by atoms with Gasteiger partial charge in [0.15, 0.2) is 18.9 Å². The molecule has 1 aliphatic rings. The summed E-state index contributed by atoms with van der Waals surface area (Å²) in [6.45, 7) is 3.58. The molecule has 4 rings (SSSR count). The second kappa shape index (κ2) is 8.14. The third-order valence-corrected chi connectivity index (χ3v) is 5.37. The van der Waals surface area contributed by atoms with Crippen molar-refractivity contribution in [3.8, 4) is 11.4 Å². The summed E-state index contributed by atoms with van der Waals surface area (Å²) in [6, 6.07) is 17.4. The number of carbonyl (C=O) groups excluding carboxylic acids is 2. The molecule has 2 aromatic carbocycles. The third-order valence-electron chi connectivity index (χ3n) is 5.37. The molecule has 158 valence electrons. The zero-order chi connectivity index (χ0) is 22.0. The third kappa shape index (κ3) is 4.09. The molecular formula is C23H23N5O3. The zero-order valence-electron chi connectivity index (χ0n) is 17.6. The molecule has 0 N–H and O–H groups in total. The number of ketones is 1. The van der Waals surface area contributed by atoms with Crippen molar-refractivity contribution in [2.45, 2.75) is 25.8 Å². The first kappa shape index (κ1) is 20.5. The van der Waals surface area contributed by atoms with Crippen LogP contribution >= 0.6 is 0 Å². The largest absolute Gasteiger partial charge is 0.456 e. The van der Waals surface area contributed by atoms with Crippen LogP contribution in [-0.4, -0.2) is 45.6 Å². The lowest BCUT2D eigenvalue weighted by Crippen LogP contribution is -2.25. The SMILES string of the molecule is CN1/C(=C/C(=O)COC(=O)Cn2nnc(-c3ccccc3)n2)C(C)(C)c2ccccc21. The Balaban J connectivity index is 1.36. The lowest BCUT2D eigenvalue weighted by atomic mass is 9.83. The molecule has 0 fully saturated rings. The number of rotatable bonds is 6. The first-order valence-electron chi connectivity index (χ1n) is 9.93. The molecule has 8 heteroatoms. The van der Waals surface area contributed by atoms with Crippen molar-refractivity contribution in [3.63, 3.8) is 0 Å². The fourth-order valence-corrected chi connectivity index (χ4v) is 3.78. The van der Waals surface area contributed by atoms with Crippen LogP contribution in [0.25, 0.3) is 11.4 Å². The molecule has 3 aromatic rings. The minimum Gasteiger partial charge on any atom is -0.456 e. The Morgan fingerprint density at radius 1 is 1.06 bits per heavy atom. The summed E-state index contributed by atoms with van der Waals surface area (Å²) in [5, 5.41) is 12.0. The summed E-state index contributed by atoms with van der Waals surface area (Å²) < 4.78 is 5.13. The number of para-hydroxylation sites is 1. The highest BCUT2D eigenvalue weighted by atomic mass is 16.5. The van der Waals surface area contributed by atoms with Gasteiger partial charge in [0.25, 0.3) is 0 Å². The molecule has 0 bridgehead atoms. The maximum atomic E-state index is 12.5. The van der Waals surface area contributed by atoms with Crippen LogP contribution in [0.2, 0.25) is 0 Å².